The monoisotopic (exact) mass is 240 g/mol. The quantitative estimate of drug-likeness (QED) is 0.889. The Morgan fingerprint density at radius 1 is 1.22 bits per heavy atom. The number of benzene rings is 1. The zero-order valence-corrected chi connectivity index (χ0v) is 9.92. The van der Waals surface area contributed by atoms with Gasteiger partial charge >= 0.3 is 0 Å². The normalized spacial score (nSPS) is 9.56. The summed E-state index contributed by atoms with van der Waals surface area (Å²) in [5.41, 5.74) is 1.10. The zero-order chi connectivity index (χ0) is 12.8. The molecule has 0 unspecified atom stereocenters. The molecule has 90 valence electrons. The Morgan fingerprint density at radius 2 is 1.94 bits per heavy atom. The van der Waals surface area contributed by atoms with Gasteiger partial charge in [-0.25, -0.2) is 9.97 Å². The molecule has 0 saturated carbocycles. The van der Waals surface area contributed by atoms with Crippen molar-refractivity contribution in [2.24, 2.45) is 0 Å². The molecular weight excluding hydrogens is 228 g/mol. The van der Waals surface area contributed by atoms with Gasteiger partial charge in [0.1, 0.15) is 11.8 Å². The maximum atomic E-state index is 8.90. The van der Waals surface area contributed by atoms with Crippen molar-refractivity contribution >= 4 is 11.5 Å². The van der Waals surface area contributed by atoms with Gasteiger partial charge in [-0.15, -0.1) is 0 Å². The molecule has 5 nitrogen and oxygen atoms in total. The molecule has 0 aliphatic carbocycles. The van der Waals surface area contributed by atoms with Gasteiger partial charge in [-0.1, -0.05) is 0 Å². The van der Waals surface area contributed by atoms with Gasteiger partial charge in [-0.3, -0.25) is 0 Å². The molecule has 0 aliphatic rings. The largest absolute Gasteiger partial charge is 0.494 e. The number of ether oxygens (including phenoxy) is 1. The standard InChI is InChI=1S/C13H12N4O/c1-2-18-11-5-3-10(4-6-11)17-13-12(9-14)15-7-8-16-13/h3-8H,2H2,1H3,(H,16,17). The van der Waals surface area contributed by atoms with Crippen LogP contribution in [0, 0.1) is 11.3 Å². The number of hydrogen-bond acceptors (Lipinski definition) is 5. The number of hydrogen-bond donors (Lipinski definition) is 1. The molecule has 1 heterocycles. The average molecular weight is 240 g/mol. The predicted octanol–water partition coefficient (Wildman–Crippen LogP) is 2.49. The van der Waals surface area contributed by atoms with Crippen molar-refractivity contribution < 1.29 is 4.74 Å². The second-order valence-electron chi connectivity index (χ2n) is 3.45. The lowest BCUT2D eigenvalue weighted by molar-refractivity contribution is 0.340. The predicted molar refractivity (Wildman–Crippen MR) is 67.6 cm³/mol. The summed E-state index contributed by atoms with van der Waals surface area (Å²) in [6.07, 6.45) is 3.03. The van der Waals surface area contributed by atoms with Crippen LogP contribution in [0.4, 0.5) is 11.5 Å². The third kappa shape index (κ3) is 2.74. The van der Waals surface area contributed by atoms with E-state index in [1.54, 1.807) is 0 Å². The Labute approximate surface area is 105 Å². The first-order valence-corrected chi connectivity index (χ1v) is 5.54. The maximum Gasteiger partial charge on any atom is 0.183 e. The SMILES string of the molecule is CCOc1ccc(Nc2nccnc2C#N)cc1. The lowest BCUT2D eigenvalue weighted by Gasteiger charge is -2.07. The molecule has 0 bridgehead atoms. The molecule has 0 amide bonds. The van der Waals surface area contributed by atoms with Crippen molar-refractivity contribution in [2.75, 3.05) is 11.9 Å². The Kier molecular flexibility index (Phi) is 3.72. The van der Waals surface area contributed by atoms with E-state index in [9.17, 15) is 0 Å². The van der Waals surface area contributed by atoms with E-state index < -0.39 is 0 Å². The van der Waals surface area contributed by atoms with Gasteiger partial charge in [-0.05, 0) is 31.2 Å². The van der Waals surface area contributed by atoms with Gasteiger partial charge in [-0.2, -0.15) is 5.26 Å². The summed E-state index contributed by atoms with van der Waals surface area (Å²) in [5.74, 6) is 1.26. The Balaban J connectivity index is 2.16. The lowest BCUT2D eigenvalue weighted by Crippen LogP contribution is -1.98. The highest BCUT2D eigenvalue weighted by Gasteiger charge is 2.04. The van der Waals surface area contributed by atoms with Crippen LogP contribution in [0.1, 0.15) is 12.6 Å². The van der Waals surface area contributed by atoms with E-state index in [1.807, 2.05) is 37.3 Å². The summed E-state index contributed by atoms with van der Waals surface area (Å²) in [6.45, 7) is 2.57. The molecule has 1 N–H and O–H groups in total. The number of anilines is 2. The third-order valence-corrected chi connectivity index (χ3v) is 2.23. The minimum absolute atomic E-state index is 0.270. The molecule has 5 heteroatoms. The topological polar surface area (TPSA) is 70.8 Å². The molecule has 2 rings (SSSR count). The second-order valence-corrected chi connectivity index (χ2v) is 3.45. The molecular formula is C13H12N4O. The van der Waals surface area contributed by atoms with Crippen molar-refractivity contribution in [3.05, 3.63) is 42.4 Å². The fourth-order valence-corrected chi connectivity index (χ4v) is 1.45. The molecule has 2 aromatic rings. The summed E-state index contributed by atoms with van der Waals surface area (Å²) in [6, 6.07) is 9.42. The number of rotatable bonds is 4. The van der Waals surface area contributed by atoms with E-state index in [4.69, 9.17) is 10.00 Å². The van der Waals surface area contributed by atoms with Crippen molar-refractivity contribution in [2.45, 2.75) is 6.92 Å². The smallest absolute Gasteiger partial charge is 0.183 e. The van der Waals surface area contributed by atoms with Crippen molar-refractivity contribution in [1.29, 1.82) is 5.26 Å². The van der Waals surface area contributed by atoms with E-state index in [0.717, 1.165) is 11.4 Å². The van der Waals surface area contributed by atoms with Gasteiger partial charge in [0.2, 0.25) is 0 Å². The van der Waals surface area contributed by atoms with E-state index in [2.05, 4.69) is 15.3 Å². The molecule has 0 radical (unpaired) electrons. The molecule has 0 fully saturated rings. The molecule has 0 atom stereocenters. The Hall–Kier alpha value is -2.61. The first-order valence-electron chi connectivity index (χ1n) is 5.54. The van der Waals surface area contributed by atoms with Gasteiger partial charge in [0.15, 0.2) is 11.5 Å². The highest BCUT2D eigenvalue weighted by atomic mass is 16.5. The lowest BCUT2D eigenvalue weighted by atomic mass is 10.3. The summed E-state index contributed by atoms with van der Waals surface area (Å²) in [7, 11) is 0. The number of aromatic nitrogens is 2. The van der Waals surface area contributed by atoms with Crippen LogP contribution in [0.5, 0.6) is 5.75 Å². The first kappa shape index (κ1) is 11.9. The van der Waals surface area contributed by atoms with E-state index in [1.165, 1.54) is 12.4 Å². The molecule has 0 spiro atoms. The number of nitrogens with zero attached hydrogens (tertiary/aromatic N) is 3. The van der Waals surface area contributed by atoms with E-state index in [-0.39, 0.29) is 5.69 Å². The Bertz CT molecular complexity index is 560. The minimum atomic E-state index is 0.270. The van der Waals surface area contributed by atoms with Crippen molar-refractivity contribution in [1.82, 2.24) is 9.97 Å². The van der Waals surface area contributed by atoms with Crippen LogP contribution >= 0.6 is 0 Å². The van der Waals surface area contributed by atoms with Gasteiger partial charge in [0, 0.05) is 18.1 Å². The average Bonchev–Trinajstić information content (AvgIpc) is 2.42. The molecule has 0 saturated heterocycles. The third-order valence-electron chi connectivity index (χ3n) is 2.23. The summed E-state index contributed by atoms with van der Waals surface area (Å²) >= 11 is 0. The summed E-state index contributed by atoms with van der Waals surface area (Å²) in [4.78, 5) is 8.01. The van der Waals surface area contributed by atoms with Crippen LogP contribution < -0.4 is 10.1 Å². The highest BCUT2D eigenvalue weighted by molar-refractivity contribution is 5.61. The van der Waals surface area contributed by atoms with E-state index in [0.29, 0.717) is 12.4 Å². The van der Waals surface area contributed by atoms with Crippen molar-refractivity contribution in [3.8, 4) is 11.8 Å². The maximum absolute atomic E-state index is 8.90. The number of nitriles is 1. The summed E-state index contributed by atoms with van der Waals surface area (Å²) < 4.78 is 5.35. The summed E-state index contributed by atoms with van der Waals surface area (Å²) in [5, 5.41) is 11.9. The highest BCUT2D eigenvalue weighted by Crippen LogP contribution is 2.19. The molecule has 1 aromatic heterocycles. The minimum Gasteiger partial charge on any atom is -0.494 e. The van der Waals surface area contributed by atoms with Crippen LogP contribution in [0.3, 0.4) is 0 Å². The van der Waals surface area contributed by atoms with E-state index >= 15 is 0 Å². The zero-order valence-electron chi connectivity index (χ0n) is 9.92. The van der Waals surface area contributed by atoms with Crippen LogP contribution in [0.15, 0.2) is 36.7 Å². The van der Waals surface area contributed by atoms with Crippen LogP contribution in [-0.4, -0.2) is 16.6 Å². The fourth-order valence-electron chi connectivity index (χ4n) is 1.45. The molecule has 1 aromatic carbocycles. The van der Waals surface area contributed by atoms with Crippen LogP contribution in [-0.2, 0) is 0 Å². The molecule has 18 heavy (non-hydrogen) atoms. The number of nitrogens with one attached hydrogen (secondary N) is 1. The fraction of sp³-hybridized carbons (Fsp3) is 0.154. The first-order chi connectivity index (χ1) is 8.83. The van der Waals surface area contributed by atoms with Gasteiger partial charge in [0.25, 0.3) is 0 Å². The second kappa shape index (κ2) is 5.64. The van der Waals surface area contributed by atoms with Crippen LogP contribution in [0.2, 0.25) is 0 Å². The Morgan fingerprint density at radius 3 is 2.61 bits per heavy atom. The van der Waals surface area contributed by atoms with Crippen molar-refractivity contribution in [3.63, 3.8) is 0 Å². The van der Waals surface area contributed by atoms with Crippen LogP contribution in [0.25, 0.3) is 0 Å². The molecule has 0 aliphatic heterocycles. The van der Waals surface area contributed by atoms with Gasteiger partial charge in [0.05, 0.1) is 6.61 Å². The van der Waals surface area contributed by atoms with Gasteiger partial charge < -0.3 is 10.1 Å².